The molecule has 0 saturated heterocycles. The Labute approximate surface area is 114 Å². The van der Waals surface area contributed by atoms with Gasteiger partial charge in [0.15, 0.2) is 5.65 Å². The fourth-order valence-electron chi connectivity index (χ4n) is 1.37. The Morgan fingerprint density at radius 3 is 2.67 bits per heavy atom. The minimum Gasteiger partial charge on any atom is -0.442 e. The van der Waals surface area contributed by atoms with Gasteiger partial charge in [-0.15, -0.1) is 4.68 Å². The number of fused-ring (bicyclic) bond motifs is 1. The molecule has 0 aliphatic heterocycles. The Bertz CT molecular complexity index is 617. The molecule has 18 heavy (non-hydrogen) atoms. The van der Waals surface area contributed by atoms with Gasteiger partial charge in [0.1, 0.15) is 10.8 Å². The van der Waals surface area contributed by atoms with E-state index in [9.17, 15) is 4.79 Å². The number of rotatable bonds is 0. The van der Waals surface area contributed by atoms with Crippen LogP contribution in [0.4, 0.5) is 4.79 Å². The number of halogens is 2. The van der Waals surface area contributed by atoms with Crippen molar-refractivity contribution < 1.29 is 9.53 Å². The van der Waals surface area contributed by atoms with Crippen LogP contribution in [-0.2, 0) is 4.74 Å². The molecule has 0 saturated carbocycles. The second-order valence-electron chi connectivity index (χ2n) is 4.70. The number of hydrogen-bond acceptors (Lipinski definition) is 4. The Balaban J connectivity index is 2.49. The highest BCUT2D eigenvalue weighted by Crippen LogP contribution is 2.25. The summed E-state index contributed by atoms with van der Waals surface area (Å²) < 4.78 is 6.25. The van der Waals surface area contributed by atoms with Crippen LogP contribution in [0.2, 0.25) is 10.2 Å². The number of carbonyl (C=O) groups excluding carboxylic acids is 1. The van der Waals surface area contributed by atoms with E-state index in [-0.39, 0.29) is 10.8 Å². The molecule has 2 aromatic heterocycles. The number of aromatic nitrogens is 3. The van der Waals surface area contributed by atoms with Crippen LogP contribution in [0, 0.1) is 0 Å². The van der Waals surface area contributed by atoms with Gasteiger partial charge in [0.05, 0.1) is 16.6 Å². The van der Waals surface area contributed by atoms with E-state index in [1.54, 1.807) is 20.8 Å². The lowest BCUT2D eigenvalue weighted by Crippen LogP contribution is -2.27. The van der Waals surface area contributed by atoms with E-state index in [0.29, 0.717) is 10.4 Å². The Morgan fingerprint density at radius 2 is 2.06 bits per heavy atom. The van der Waals surface area contributed by atoms with Crippen molar-refractivity contribution >= 4 is 40.3 Å². The van der Waals surface area contributed by atoms with E-state index < -0.39 is 11.7 Å². The Hall–Kier alpha value is -1.33. The van der Waals surface area contributed by atoms with E-state index in [1.807, 2.05) is 0 Å². The molecular weight excluding hydrogens is 277 g/mol. The maximum Gasteiger partial charge on any atom is 0.437 e. The Kier molecular flexibility index (Phi) is 3.21. The summed E-state index contributed by atoms with van der Waals surface area (Å²) in [6, 6.07) is 1.49. The number of nitrogens with zero attached hydrogens (tertiary/aromatic N) is 3. The topological polar surface area (TPSA) is 57.0 Å². The quantitative estimate of drug-likeness (QED) is 0.696. The highest BCUT2D eigenvalue weighted by Gasteiger charge is 2.21. The van der Waals surface area contributed by atoms with Crippen LogP contribution < -0.4 is 0 Å². The molecule has 0 fully saturated rings. The minimum absolute atomic E-state index is 0.192. The summed E-state index contributed by atoms with van der Waals surface area (Å²) in [5.41, 5.74) is -0.334. The fourth-order valence-corrected chi connectivity index (χ4v) is 1.85. The average Bonchev–Trinajstić information content (AvgIpc) is 2.58. The third-order valence-corrected chi connectivity index (χ3v) is 2.53. The van der Waals surface area contributed by atoms with Crippen molar-refractivity contribution in [1.82, 2.24) is 14.8 Å². The molecule has 0 unspecified atom stereocenters. The van der Waals surface area contributed by atoms with Crippen molar-refractivity contribution in [1.29, 1.82) is 0 Å². The number of hydrogen-bond donors (Lipinski definition) is 0. The molecule has 0 bridgehead atoms. The summed E-state index contributed by atoms with van der Waals surface area (Å²) in [6.07, 6.45) is 0.827. The van der Waals surface area contributed by atoms with Gasteiger partial charge in [0.2, 0.25) is 0 Å². The number of pyridine rings is 1. The van der Waals surface area contributed by atoms with Crippen LogP contribution in [0.1, 0.15) is 20.8 Å². The molecule has 2 heterocycles. The minimum atomic E-state index is -0.622. The first-order valence-corrected chi connectivity index (χ1v) is 5.96. The van der Waals surface area contributed by atoms with Crippen molar-refractivity contribution in [3.63, 3.8) is 0 Å². The van der Waals surface area contributed by atoms with E-state index in [2.05, 4.69) is 10.1 Å². The summed E-state index contributed by atoms with van der Waals surface area (Å²) in [7, 11) is 0. The molecule has 0 aliphatic carbocycles. The van der Waals surface area contributed by atoms with Gasteiger partial charge < -0.3 is 4.74 Å². The highest BCUT2D eigenvalue weighted by atomic mass is 35.5. The van der Waals surface area contributed by atoms with Crippen LogP contribution in [0.3, 0.4) is 0 Å². The lowest BCUT2D eigenvalue weighted by molar-refractivity contribution is 0.0522. The second-order valence-corrected chi connectivity index (χ2v) is 5.50. The normalized spacial score (nSPS) is 11.8. The third-order valence-electron chi connectivity index (χ3n) is 2.03. The molecule has 0 aliphatic rings. The summed E-state index contributed by atoms with van der Waals surface area (Å²) in [5, 5.41) is 5.05. The lowest BCUT2D eigenvalue weighted by Gasteiger charge is -2.18. The van der Waals surface area contributed by atoms with Gasteiger partial charge >= 0.3 is 6.09 Å². The number of carbonyl (C=O) groups is 1. The average molecular weight is 288 g/mol. The van der Waals surface area contributed by atoms with E-state index >= 15 is 0 Å². The van der Waals surface area contributed by atoms with E-state index in [4.69, 9.17) is 27.9 Å². The zero-order valence-corrected chi connectivity index (χ0v) is 11.6. The van der Waals surface area contributed by atoms with Gasteiger partial charge in [-0.1, -0.05) is 23.2 Å². The van der Waals surface area contributed by atoms with Crippen molar-refractivity contribution in [2.45, 2.75) is 26.4 Å². The molecule has 0 spiro atoms. The molecule has 0 atom stereocenters. The molecular formula is C11H11Cl2N3O2. The van der Waals surface area contributed by atoms with Gasteiger partial charge in [0.25, 0.3) is 0 Å². The second kappa shape index (κ2) is 4.40. The predicted octanol–water partition coefficient (Wildman–Crippen LogP) is 3.52. The zero-order chi connectivity index (χ0) is 13.5. The van der Waals surface area contributed by atoms with Gasteiger partial charge in [0, 0.05) is 0 Å². The van der Waals surface area contributed by atoms with Crippen LogP contribution >= 0.6 is 23.2 Å². The van der Waals surface area contributed by atoms with Gasteiger partial charge in [-0.3, -0.25) is 0 Å². The smallest absolute Gasteiger partial charge is 0.437 e. The molecule has 0 amide bonds. The highest BCUT2D eigenvalue weighted by molar-refractivity contribution is 6.37. The maximum absolute atomic E-state index is 11.9. The molecule has 2 aromatic rings. The number of ether oxygens (including phenoxy) is 1. The van der Waals surface area contributed by atoms with Crippen LogP contribution in [0.5, 0.6) is 0 Å². The van der Waals surface area contributed by atoms with Crippen LogP contribution in [0.15, 0.2) is 12.3 Å². The molecule has 2 rings (SSSR count). The lowest BCUT2D eigenvalue weighted by atomic mass is 10.2. The summed E-state index contributed by atoms with van der Waals surface area (Å²) >= 11 is 11.8. The van der Waals surface area contributed by atoms with Crippen molar-refractivity contribution in [3.05, 3.63) is 22.4 Å². The largest absolute Gasteiger partial charge is 0.442 e. The summed E-state index contributed by atoms with van der Waals surface area (Å²) in [6.45, 7) is 5.30. The van der Waals surface area contributed by atoms with Crippen LogP contribution in [-0.4, -0.2) is 26.5 Å². The van der Waals surface area contributed by atoms with Crippen molar-refractivity contribution in [2.75, 3.05) is 0 Å². The molecule has 7 heteroatoms. The van der Waals surface area contributed by atoms with Crippen molar-refractivity contribution in [3.8, 4) is 0 Å². The summed E-state index contributed by atoms with van der Waals surface area (Å²) in [4.78, 5) is 15.9. The SMILES string of the molecule is CC(C)(C)OC(=O)n1ncc2c(Cl)cc(Cl)nc21. The monoisotopic (exact) mass is 287 g/mol. The predicted molar refractivity (Wildman–Crippen MR) is 69.2 cm³/mol. The Morgan fingerprint density at radius 1 is 1.39 bits per heavy atom. The molecule has 0 radical (unpaired) electrons. The first kappa shape index (κ1) is 13.1. The van der Waals surface area contributed by atoms with Gasteiger partial charge in [-0.2, -0.15) is 5.10 Å². The van der Waals surface area contributed by atoms with Crippen LogP contribution in [0.25, 0.3) is 11.0 Å². The molecule has 0 N–H and O–H groups in total. The van der Waals surface area contributed by atoms with Crippen molar-refractivity contribution in [2.24, 2.45) is 0 Å². The summed E-state index contributed by atoms with van der Waals surface area (Å²) in [5.74, 6) is 0. The zero-order valence-electron chi connectivity index (χ0n) is 10.1. The molecule has 0 aromatic carbocycles. The van der Waals surface area contributed by atoms with E-state index in [1.165, 1.54) is 12.3 Å². The first-order chi connectivity index (χ1) is 8.28. The molecule has 5 nitrogen and oxygen atoms in total. The maximum atomic E-state index is 11.9. The molecule has 96 valence electrons. The van der Waals surface area contributed by atoms with E-state index in [0.717, 1.165) is 4.68 Å². The first-order valence-electron chi connectivity index (χ1n) is 5.21. The third kappa shape index (κ3) is 2.57. The van der Waals surface area contributed by atoms with Gasteiger partial charge in [-0.25, -0.2) is 9.78 Å². The van der Waals surface area contributed by atoms with Gasteiger partial charge in [-0.05, 0) is 26.8 Å². The fraction of sp³-hybridized carbons (Fsp3) is 0.364. The standard InChI is InChI=1S/C11H11Cl2N3O2/c1-11(2,3)18-10(17)16-9-6(5-14-16)7(12)4-8(13)15-9/h4-5H,1-3H3.